The molecule has 0 amide bonds. The summed E-state index contributed by atoms with van der Waals surface area (Å²) in [6, 6.07) is 9.27. The Morgan fingerprint density at radius 3 is 2.50 bits per heavy atom. The fraction of sp³-hybridized carbons (Fsp3) is 0.500. The molecule has 0 saturated heterocycles. The second-order valence-electron chi connectivity index (χ2n) is 7.20. The van der Waals surface area contributed by atoms with E-state index in [1.807, 2.05) is 24.3 Å². The highest BCUT2D eigenvalue weighted by Crippen LogP contribution is 2.34. The van der Waals surface area contributed by atoms with Gasteiger partial charge in [-0.05, 0) is 49.8 Å². The number of hydrogen-bond acceptors (Lipinski definition) is 4. The average molecular weight is 352 g/mol. The first-order chi connectivity index (χ1) is 12.8. The summed E-state index contributed by atoms with van der Waals surface area (Å²) in [5, 5.41) is 0. The van der Waals surface area contributed by atoms with Gasteiger partial charge < -0.3 is 4.74 Å². The van der Waals surface area contributed by atoms with Crippen molar-refractivity contribution in [2.24, 2.45) is 11.8 Å². The van der Waals surface area contributed by atoms with Gasteiger partial charge in [-0.1, -0.05) is 44.7 Å². The Bertz CT molecular complexity index is 694. The first-order valence-corrected chi connectivity index (χ1v) is 9.86. The molecule has 0 N–H and O–H groups in total. The molecule has 0 atom stereocenters. The molecule has 0 radical (unpaired) electrons. The van der Waals surface area contributed by atoms with E-state index in [4.69, 9.17) is 4.74 Å². The van der Waals surface area contributed by atoms with Crippen LogP contribution in [0.25, 0.3) is 11.4 Å². The third-order valence-corrected chi connectivity index (χ3v) is 5.30. The molecule has 4 nitrogen and oxygen atoms in total. The molecule has 0 unspecified atom stereocenters. The minimum Gasteiger partial charge on any atom is -0.426 e. The van der Waals surface area contributed by atoms with Crippen molar-refractivity contribution < 1.29 is 9.53 Å². The Hall–Kier alpha value is -2.23. The van der Waals surface area contributed by atoms with E-state index in [-0.39, 0.29) is 11.9 Å². The summed E-state index contributed by atoms with van der Waals surface area (Å²) in [6.07, 6.45) is 12.8. The minimum absolute atomic E-state index is 0.0159. The fourth-order valence-electron chi connectivity index (χ4n) is 3.74. The van der Waals surface area contributed by atoms with Crippen LogP contribution >= 0.6 is 0 Å². The van der Waals surface area contributed by atoms with Crippen LogP contribution in [0.4, 0.5) is 0 Å². The lowest BCUT2D eigenvalue weighted by Gasteiger charge is -2.27. The van der Waals surface area contributed by atoms with E-state index >= 15 is 0 Å². The van der Waals surface area contributed by atoms with Gasteiger partial charge in [0.15, 0.2) is 5.82 Å². The number of esters is 1. The second-order valence-corrected chi connectivity index (χ2v) is 7.20. The summed E-state index contributed by atoms with van der Waals surface area (Å²) < 4.78 is 5.75. The molecule has 1 aromatic heterocycles. The van der Waals surface area contributed by atoms with Crippen molar-refractivity contribution in [3.8, 4) is 17.1 Å². The van der Waals surface area contributed by atoms with Crippen LogP contribution in [0.2, 0.25) is 0 Å². The Balaban J connectivity index is 1.58. The van der Waals surface area contributed by atoms with Crippen LogP contribution in [-0.4, -0.2) is 15.9 Å². The molecule has 26 heavy (non-hydrogen) atoms. The molecular formula is C22H28N2O2. The molecule has 2 aromatic rings. The Labute approximate surface area is 156 Å². The van der Waals surface area contributed by atoms with Crippen molar-refractivity contribution in [2.45, 2.75) is 58.3 Å². The molecule has 3 rings (SSSR count). The Morgan fingerprint density at radius 2 is 1.77 bits per heavy atom. The van der Waals surface area contributed by atoms with Gasteiger partial charge in [0.2, 0.25) is 0 Å². The molecular weight excluding hydrogens is 324 g/mol. The van der Waals surface area contributed by atoms with Crippen molar-refractivity contribution in [1.29, 1.82) is 0 Å². The first kappa shape index (κ1) is 18.6. The summed E-state index contributed by atoms with van der Waals surface area (Å²) in [5.41, 5.74) is 0.759. The molecule has 0 spiro atoms. The normalized spacial score (nSPS) is 19.9. The highest BCUT2D eigenvalue weighted by atomic mass is 16.5. The summed E-state index contributed by atoms with van der Waals surface area (Å²) in [6.45, 7) is 2.24. The second kappa shape index (κ2) is 9.46. The van der Waals surface area contributed by atoms with E-state index in [1.54, 1.807) is 18.5 Å². The number of carbonyl (C=O) groups is 1. The van der Waals surface area contributed by atoms with Crippen LogP contribution in [0.15, 0.2) is 42.7 Å². The van der Waals surface area contributed by atoms with Crippen molar-refractivity contribution in [1.82, 2.24) is 9.97 Å². The van der Waals surface area contributed by atoms with Crippen LogP contribution in [0.3, 0.4) is 0 Å². The number of benzene rings is 1. The summed E-state index contributed by atoms with van der Waals surface area (Å²) in [4.78, 5) is 21.2. The maximum Gasteiger partial charge on any atom is 0.314 e. The smallest absolute Gasteiger partial charge is 0.314 e. The number of carbonyl (C=O) groups excluding carboxylic acids is 1. The predicted octanol–water partition coefficient (Wildman–Crippen LogP) is 5.44. The SMILES string of the molecule is CCCCCC1CCC(C(=O)Oc2ccccc2-c2ncccn2)CC1. The number of aromatic nitrogens is 2. The predicted molar refractivity (Wildman–Crippen MR) is 103 cm³/mol. The maximum absolute atomic E-state index is 12.7. The Morgan fingerprint density at radius 1 is 1.04 bits per heavy atom. The highest BCUT2D eigenvalue weighted by molar-refractivity contribution is 5.78. The first-order valence-electron chi connectivity index (χ1n) is 9.86. The summed E-state index contributed by atoms with van der Waals surface area (Å²) >= 11 is 0. The van der Waals surface area contributed by atoms with E-state index in [1.165, 1.54) is 25.7 Å². The zero-order valence-corrected chi connectivity index (χ0v) is 15.6. The van der Waals surface area contributed by atoms with Gasteiger partial charge in [-0.15, -0.1) is 0 Å². The van der Waals surface area contributed by atoms with Crippen LogP contribution in [0.5, 0.6) is 5.75 Å². The van der Waals surface area contributed by atoms with E-state index in [9.17, 15) is 4.79 Å². The fourth-order valence-corrected chi connectivity index (χ4v) is 3.74. The Kier molecular flexibility index (Phi) is 6.75. The maximum atomic E-state index is 12.7. The zero-order chi connectivity index (χ0) is 18.2. The van der Waals surface area contributed by atoms with Gasteiger partial charge in [-0.3, -0.25) is 4.79 Å². The number of para-hydroxylation sites is 1. The molecule has 0 bridgehead atoms. The third kappa shape index (κ3) is 4.90. The highest BCUT2D eigenvalue weighted by Gasteiger charge is 2.28. The lowest BCUT2D eigenvalue weighted by Crippen LogP contribution is -2.26. The van der Waals surface area contributed by atoms with Gasteiger partial charge in [0.1, 0.15) is 5.75 Å². The standard InChI is InChI=1S/C22H28N2O2/c1-2-3-4-8-17-11-13-18(14-12-17)22(25)26-20-10-6-5-9-19(20)21-23-15-7-16-24-21/h5-7,9-10,15-18H,2-4,8,11-14H2,1H3. The van der Waals surface area contributed by atoms with Crippen LogP contribution in [-0.2, 0) is 4.79 Å². The van der Waals surface area contributed by atoms with Crippen molar-refractivity contribution in [2.75, 3.05) is 0 Å². The van der Waals surface area contributed by atoms with Crippen molar-refractivity contribution in [3.63, 3.8) is 0 Å². The number of unbranched alkanes of at least 4 members (excludes halogenated alkanes) is 2. The number of ether oxygens (including phenoxy) is 1. The van der Waals surface area contributed by atoms with Gasteiger partial charge in [-0.25, -0.2) is 9.97 Å². The zero-order valence-electron chi connectivity index (χ0n) is 15.6. The largest absolute Gasteiger partial charge is 0.426 e. The topological polar surface area (TPSA) is 52.1 Å². The van der Waals surface area contributed by atoms with Crippen LogP contribution < -0.4 is 4.74 Å². The van der Waals surface area contributed by atoms with Gasteiger partial charge in [0.25, 0.3) is 0 Å². The molecule has 1 aliphatic rings. The quantitative estimate of drug-likeness (QED) is 0.378. The molecule has 1 aliphatic carbocycles. The summed E-state index contributed by atoms with van der Waals surface area (Å²) in [5.74, 6) is 1.82. The van der Waals surface area contributed by atoms with E-state index in [0.717, 1.165) is 37.2 Å². The molecule has 138 valence electrons. The molecule has 1 fully saturated rings. The lowest BCUT2D eigenvalue weighted by atomic mass is 9.80. The minimum atomic E-state index is -0.111. The third-order valence-electron chi connectivity index (χ3n) is 5.30. The van der Waals surface area contributed by atoms with Gasteiger partial charge in [0.05, 0.1) is 11.5 Å². The number of hydrogen-bond donors (Lipinski definition) is 0. The molecule has 4 heteroatoms. The molecule has 1 saturated carbocycles. The average Bonchev–Trinajstić information content (AvgIpc) is 2.70. The van der Waals surface area contributed by atoms with E-state index < -0.39 is 0 Å². The van der Waals surface area contributed by atoms with E-state index in [0.29, 0.717) is 11.6 Å². The lowest BCUT2D eigenvalue weighted by molar-refractivity contribution is -0.140. The van der Waals surface area contributed by atoms with Crippen LogP contribution in [0.1, 0.15) is 58.3 Å². The summed E-state index contributed by atoms with van der Waals surface area (Å²) in [7, 11) is 0. The molecule has 1 aromatic carbocycles. The van der Waals surface area contributed by atoms with Crippen molar-refractivity contribution in [3.05, 3.63) is 42.7 Å². The number of nitrogens with zero attached hydrogens (tertiary/aromatic N) is 2. The van der Waals surface area contributed by atoms with Crippen molar-refractivity contribution >= 4 is 5.97 Å². The van der Waals surface area contributed by atoms with Gasteiger partial charge in [-0.2, -0.15) is 0 Å². The molecule has 0 aliphatic heterocycles. The van der Waals surface area contributed by atoms with Crippen LogP contribution in [0, 0.1) is 11.8 Å². The molecule has 1 heterocycles. The van der Waals surface area contributed by atoms with Gasteiger partial charge >= 0.3 is 5.97 Å². The number of rotatable bonds is 7. The monoisotopic (exact) mass is 352 g/mol. The van der Waals surface area contributed by atoms with E-state index in [2.05, 4.69) is 16.9 Å². The van der Waals surface area contributed by atoms with Gasteiger partial charge in [0, 0.05) is 12.4 Å².